The zero-order chi connectivity index (χ0) is 12.1. The molecule has 19 heavy (non-hydrogen) atoms. The van der Waals surface area contributed by atoms with E-state index in [9.17, 15) is 0 Å². The van der Waals surface area contributed by atoms with Gasteiger partial charge in [-0.25, -0.2) is 0 Å². The van der Waals surface area contributed by atoms with Gasteiger partial charge in [0.05, 0.1) is 0 Å². The van der Waals surface area contributed by atoms with Gasteiger partial charge in [-0.3, -0.25) is 4.90 Å². The van der Waals surface area contributed by atoms with Crippen LogP contribution in [0.2, 0.25) is 5.02 Å². The van der Waals surface area contributed by atoms with E-state index < -0.39 is 0 Å². The molecule has 1 fully saturated rings. The highest BCUT2D eigenvalue weighted by Crippen LogP contribution is 2.27. The zero-order valence-electron chi connectivity index (χ0n) is 11.3. The van der Waals surface area contributed by atoms with Gasteiger partial charge >= 0.3 is 0 Å². The minimum atomic E-state index is 0. The summed E-state index contributed by atoms with van der Waals surface area (Å²) in [6.45, 7) is 6.72. The quantitative estimate of drug-likeness (QED) is 0.902. The van der Waals surface area contributed by atoms with E-state index in [4.69, 9.17) is 11.6 Å². The SMILES string of the molecule is CCC[C@H](c1cccc(Cl)c1)N1CCNCC1.Cl.Cl. The maximum atomic E-state index is 6.10. The molecule has 0 saturated carbocycles. The highest BCUT2D eigenvalue weighted by atomic mass is 35.5. The Morgan fingerprint density at radius 3 is 2.53 bits per heavy atom. The Labute approximate surface area is 133 Å². The van der Waals surface area contributed by atoms with Crippen molar-refractivity contribution >= 4 is 36.4 Å². The van der Waals surface area contributed by atoms with Gasteiger partial charge in [-0.2, -0.15) is 0 Å². The Bertz CT molecular complexity index is 354. The van der Waals surface area contributed by atoms with Crippen molar-refractivity contribution in [3.05, 3.63) is 34.9 Å². The molecule has 1 N–H and O–H groups in total. The number of nitrogens with one attached hydrogen (secondary N) is 1. The molecule has 1 aliphatic rings. The van der Waals surface area contributed by atoms with Gasteiger partial charge in [0.1, 0.15) is 0 Å². The molecule has 2 rings (SSSR count). The number of hydrogen-bond donors (Lipinski definition) is 1. The van der Waals surface area contributed by atoms with Gasteiger partial charge < -0.3 is 5.32 Å². The molecule has 0 amide bonds. The Morgan fingerprint density at radius 1 is 1.26 bits per heavy atom. The molecule has 0 aromatic heterocycles. The monoisotopic (exact) mass is 324 g/mol. The number of halogens is 3. The number of benzene rings is 1. The molecule has 110 valence electrons. The largest absolute Gasteiger partial charge is 0.314 e. The first-order valence-corrected chi connectivity index (χ1v) is 6.89. The Balaban J connectivity index is 0.00000162. The lowest BCUT2D eigenvalue weighted by molar-refractivity contribution is 0.164. The van der Waals surface area contributed by atoms with E-state index >= 15 is 0 Å². The lowest BCUT2D eigenvalue weighted by atomic mass is 10.00. The summed E-state index contributed by atoms with van der Waals surface area (Å²) in [5, 5.41) is 4.25. The van der Waals surface area contributed by atoms with Crippen molar-refractivity contribution in [3.8, 4) is 0 Å². The lowest BCUT2D eigenvalue weighted by Crippen LogP contribution is -2.45. The maximum Gasteiger partial charge on any atom is 0.0409 e. The van der Waals surface area contributed by atoms with Crippen molar-refractivity contribution in [2.75, 3.05) is 26.2 Å². The first kappa shape index (κ1) is 19.0. The smallest absolute Gasteiger partial charge is 0.0409 e. The standard InChI is InChI=1S/C14H21ClN2.2ClH/c1-2-4-14(17-9-7-16-8-10-17)12-5-3-6-13(15)11-12;;/h3,5-6,11,14,16H,2,4,7-10H2,1H3;2*1H/t14-;;/m1../s1. The van der Waals surface area contributed by atoms with Crippen molar-refractivity contribution in [1.29, 1.82) is 0 Å². The van der Waals surface area contributed by atoms with Crippen molar-refractivity contribution in [2.24, 2.45) is 0 Å². The van der Waals surface area contributed by atoms with E-state index in [0.29, 0.717) is 6.04 Å². The van der Waals surface area contributed by atoms with Crippen LogP contribution in [-0.4, -0.2) is 31.1 Å². The molecular weight excluding hydrogens is 303 g/mol. The summed E-state index contributed by atoms with van der Waals surface area (Å²) >= 11 is 6.10. The maximum absolute atomic E-state index is 6.10. The van der Waals surface area contributed by atoms with Crippen molar-refractivity contribution in [1.82, 2.24) is 10.2 Å². The molecule has 1 aliphatic heterocycles. The summed E-state index contributed by atoms with van der Waals surface area (Å²) < 4.78 is 0. The van der Waals surface area contributed by atoms with E-state index in [-0.39, 0.29) is 24.8 Å². The molecule has 0 bridgehead atoms. The Morgan fingerprint density at radius 2 is 1.95 bits per heavy atom. The molecule has 1 aromatic carbocycles. The zero-order valence-corrected chi connectivity index (χ0v) is 13.7. The van der Waals surface area contributed by atoms with Crippen LogP contribution in [0.5, 0.6) is 0 Å². The third-order valence-electron chi connectivity index (χ3n) is 3.39. The van der Waals surface area contributed by atoms with Gasteiger partial charge in [0.15, 0.2) is 0 Å². The molecule has 0 aliphatic carbocycles. The summed E-state index contributed by atoms with van der Waals surface area (Å²) in [5.41, 5.74) is 1.36. The second kappa shape index (κ2) is 9.84. The van der Waals surface area contributed by atoms with Crippen LogP contribution in [0.4, 0.5) is 0 Å². The van der Waals surface area contributed by atoms with Crippen LogP contribution in [-0.2, 0) is 0 Å². The van der Waals surface area contributed by atoms with Gasteiger partial charge in [-0.1, -0.05) is 37.1 Å². The fourth-order valence-corrected chi connectivity index (χ4v) is 2.74. The van der Waals surface area contributed by atoms with Crippen LogP contribution >= 0.6 is 36.4 Å². The highest BCUT2D eigenvalue weighted by Gasteiger charge is 2.21. The lowest BCUT2D eigenvalue weighted by Gasteiger charge is -2.35. The second-order valence-electron chi connectivity index (χ2n) is 4.65. The molecule has 0 spiro atoms. The first-order valence-electron chi connectivity index (χ1n) is 6.51. The summed E-state index contributed by atoms with van der Waals surface area (Å²) in [6, 6.07) is 8.85. The fraction of sp³-hybridized carbons (Fsp3) is 0.571. The minimum absolute atomic E-state index is 0. The average molecular weight is 326 g/mol. The average Bonchev–Trinajstić information content (AvgIpc) is 2.37. The van der Waals surface area contributed by atoms with Gasteiger partial charge in [0.2, 0.25) is 0 Å². The van der Waals surface area contributed by atoms with Crippen molar-refractivity contribution in [2.45, 2.75) is 25.8 Å². The van der Waals surface area contributed by atoms with E-state index in [1.165, 1.54) is 18.4 Å². The minimum Gasteiger partial charge on any atom is -0.314 e. The normalized spacial score (nSPS) is 17.2. The van der Waals surface area contributed by atoms with Crippen molar-refractivity contribution in [3.63, 3.8) is 0 Å². The molecule has 2 nitrogen and oxygen atoms in total. The molecule has 0 radical (unpaired) electrons. The third-order valence-corrected chi connectivity index (χ3v) is 3.62. The number of hydrogen-bond acceptors (Lipinski definition) is 2. The summed E-state index contributed by atoms with van der Waals surface area (Å²) in [6.07, 6.45) is 2.42. The highest BCUT2D eigenvalue weighted by molar-refractivity contribution is 6.30. The molecular formula is C14H23Cl3N2. The third kappa shape index (κ3) is 5.49. The molecule has 1 heterocycles. The fourth-order valence-electron chi connectivity index (χ4n) is 2.54. The van der Waals surface area contributed by atoms with E-state index in [0.717, 1.165) is 31.2 Å². The van der Waals surface area contributed by atoms with Gasteiger partial charge in [0, 0.05) is 37.2 Å². The van der Waals surface area contributed by atoms with Gasteiger partial charge in [-0.15, -0.1) is 24.8 Å². The van der Waals surface area contributed by atoms with Gasteiger partial charge in [-0.05, 0) is 24.1 Å². The molecule has 0 unspecified atom stereocenters. The van der Waals surface area contributed by atoms with Crippen molar-refractivity contribution < 1.29 is 0 Å². The van der Waals surface area contributed by atoms with Crippen LogP contribution in [0, 0.1) is 0 Å². The predicted molar refractivity (Wildman–Crippen MR) is 88.0 cm³/mol. The molecule has 1 aromatic rings. The van der Waals surface area contributed by atoms with Gasteiger partial charge in [0.25, 0.3) is 0 Å². The second-order valence-corrected chi connectivity index (χ2v) is 5.08. The van der Waals surface area contributed by atoms with E-state index in [1.54, 1.807) is 0 Å². The first-order chi connectivity index (χ1) is 8.31. The summed E-state index contributed by atoms with van der Waals surface area (Å²) in [7, 11) is 0. The number of rotatable bonds is 4. The topological polar surface area (TPSA) is 15.3 Å². The number of piperazine rings is 1. The Kier molecular flexibility index (Phi) is 9.85. The van der Waals surface area contributed by atoms with Crippen LogP contribution < -0.4 is 5.32 Å². The predicted octanol–water partition coefficient (Wildman–Crippen LogP) is 3.93. The molecule has 5 heteroatoms. The van der Waals surface area contributed by atoms with Crippen LogP contribution in [0.1, 0.15) is 31.4 Å². The van der Waals surface area contributed by atoms with E-state index in [2.05, 4.69) is 35.3 Å². The molecule has 1 atom stereocenters. The summed E-state index contributed by atoms with van der Waals surface area (Å²) in [5.74, 6) is 0. The Hall–Kier alpha value is 0.01000. The summed E-state index contributed by atoms with van der Waals surface area (Å²) in [4.78, 5) is 2.58. The van der Waals surface area contributed by atoms with E-state index in [1.807, 2.05) is 6.07 Å². The van der Waals surface area contributed by atoms with Crippen LogP contribution in [0.3, 0.4) is 0 Å². The van der Waals surface area contributed by atoms with Crippen LogP contribution in [0.25, 0.3) is 0 Å². The number of nitrogens with zero attached hydrogens (tertiary/aromatic N) is 1. The molecule has 1 saturated heterocycles. The van der Waals surface area contributed by atoms with Crippen LogP contribution in [0.15, 0.2) is 24.3 Å².